The molecule has 1 aliphatic heterocycles. The van der Waals surface area contributed by atoms with Crippen LogP contribution in [0.5, 0.6) is 11.5 Å². The van der Waals surface area contributed by atoms with E-state index in [0.717, 1.165) is 51.6 Å². The van der Waals surface area contributed by atoms with Crippen LogP contribution in [-0.4, -0.2) is 25.9 Å². The molecule has 2 aliphatic rings. The second kappa shape index (κ2) is 11.0. The molecule has 29 heavy (non-hydrogen) atoms. The molecule has 0 radical (unpaired) electrons. The molecule has 2 fully saturated rings. The summed E-state index contributed by atoms with van der Waals surface area (Å²) in [5.74, 6) is -0.526. The molecule has 0 spiro atoms. The monoisotopic (exact) mass is 408 g/mol. The van der Waals surface area contributed by atoms with Crippen molar-refractivity contribution in [3.63, 3.8) is 0 Å². The van der Waals surface area contributed by atoms with Crippen LogP contribution in [-0.2, 0) is 4.74 Å². The van der Waals surface area contributed by atoms with E-state index < -0.39 is 11.6 Å². The van der Waals surface area contributed by atoms with Gasteiger partial charge in [-0.2, -0.15) is 8.78 Å². The Balaban J connectivity index is 1.43. The first-order valence-corrected chi connectivity index (χ1v) is 11.1. The lowest BCUT2D eigenvalue weighted by Crippen LogP contribution is -2.34. The largest absolute Gasteiger partial charge is 0.490 e. The fourth-order valence-electron chi connectivity index (χ4n) is 4.35. The highest BCUT2D eigenvalue weighted by Crippen LogP contribution is 2.36. The standard InChI is InChI=1S/C24H34F2O3/c1-3-5-14-27-21-12-13-22(24(26)23(21)25)29-16-18-6-9-19(10-7-18)20-11-8-17(4-2)15-28-20/h4,12-13,17-20H,2-3,5-11,14-16H2,1H3. The molecule has 0 N–H and O–H groups in total. The smallest absolute Gasteiger partial charge is 0.204 e. The molecule has 3 nitrogen and oxygen atoms in total. The van der Waals surface area contributed by atoms with Crippen molar-refractivity contribution in [3.05, 3.63) is 36.4 Å². The molecule has 0 bridgehead atoms. The van der Waals surface area contributed by atoms with Gasteiger partial charge in [0.05, 0.1) is 25.9 Å². The molecule has 2 unspecified atom stereocenters. The van der Waals surface area contributed by atoms with Gasteiger partial charge in [0.1, 0.15) is 0 Å². The van der Waals surface area contributed by atoms with Crippen molar-refractivity contribution >= 4 is 0 Å². The minimum Gasteiger partial charge on any atom is -0.490 e. The van der Waals surface area contributed by atoms with Gasteiger partial charge in [-0.25, -0.2) is 0 Å². The van der Waals surface area contributed by atoms with Crippen molar-refractivity contribution in [2.75, 3.05) is 19.8 Å². The van der Waals surface area contributed by atoms with E-state index >= 15 is 0 Å². The third-order valence-corrected chi connectivity index (χ3v) is 6.34. The van der Waals surface area contributed by atoms with Crippen LogP contribution in [0.25, 0.3) is 0 Å². The Morgan fingerprint density at radius 3 is 2.31 bits per heavy atom. The molecule has 1 heterocycles. The molecule has 0 amide bonds. The highest BCUT2D eigenvalue weighted by atomic mass is 19.2. The molecule has 162 valence electrons. The molecule has 1 aliphatic carbocycles. The van der Waals surface area contributed by atoms with Crippen LogP contribution < -0.4 is 9.47 Å². The van der Waals surface area contributed by atoms with Crippen LogP contribution in [0.4, 0.5) is 8.78 Å². The molecule has 1 aromatic rings. The van der Waals surface area contributed by atoms with Gasteiger partial charge < -0.3 is 14.2 Å². The van der Waals surface area contributed by atoms with Crippen LogP contribution in [0, 0.1) is 29.4 Å². The van der Waals surface area contributed by atoms with Crippen LogP contribution in [0.3, 0.4) is 0 Å². The predicted octanol–water partition coefficient (Wildman–Crippen LogP) is 6.31. The summed E-state index contributed by atoms with van der Waals surface area (Å²) in [7, 11) is 0. The maximum Gasteiger partial charge on any atom is 0.204 e. The Hall–Kier alpha value is -1.62. The van der Waals surface area contributed by atoms with Crippen LogP contribution in [0.15, 0.2) is 24.8 Å². The summed E-state index contributed by atoms with van der Waals surface area (Å²) in [5, 5.41) is 0. The first-order chi connectivity index (χ1) is 14.1. The van der Waals surface area contributed by atoms with Gasteiger partial charge in [-0.05, 0) is 68.9 Å². The summed E-state index contributed by atoms with van der Waals surface area (Å²) in [4.78, 5) is 0. The Bertz CT molecular complexity index is 648. The molecule has 1 saturated carbocycles. The number of benzene rings is 1. The first-order valence-electron chi connectivity index (χ1n) is 11.1. The summed E-state index contributed by atoms with van der Waals surface area (Å²) < 4.78 is 45.4. The molecular weight excluding hydrogens is 374 g/mol. The number of unbranched alkanes of at least 4 members (excludes halogenated alkanes) is 1. The Morgan fingerprint density at radius 2 is 1.72 bits per heavy atom. The average molecular weight is 409 g/mol. The summed E-state index contributed by atoms with van der Waals surface area (Å²) in [6.45, 7) is 7.47. The number of ether oxygens (including phenoxy) is 3. The predicted molar refractivity (Wildman–Crippen MR) is 110 cm³/mol. The van der Waals surface area contributed by atoms with Crippen molar-refractivity contribution in [3.8, 4) is 11.5 Å². The van der Waals surface area contributed by atoms with E-state index in [4.69, 9.17) is 14.2 Å². The molecule has 1 aromatic carbocycles. The maximum atomic E-state index is 14.3. The van der Waals surface area contributed by atoms with E-state index in [9.17, 15) is 8.78 Å². The normalized spacial score (nSPS) is 27.4. The lowest BCUT2D eigenvalue weighted by atomic mass is 9.77. The van der Waals surface area contributed by atoms with E-state index in [1.165, 1.54) is 18.6 Å². The molecular formula is C24H34F2O3. The Kier molecular flexibility index (Phi) is 8.34. The maximum absolute atomic E-state index is 14.3. The second-order valence-corrected chi connectivity index (χ2v) is 8.43. The number of hydrogen-bond acceptors (Lipinski definition) is 3. The van der Waals surface area contributed by atoms with Gasteiger partial charge in [0, 0.05) is 5.92 Å². The molecule has 5 heteroatoms. The van der Waals surface area contributed by atoms with Gasteiger partial charge in [0.2, 0.25) is 11.6 Å². The van der Waals surface area contributed by atoms with Gasteiger partial charge >= 0.3 is 0 Å². The number of hydrogen-bond donors (Lipinski definition) is 0. The van der Waals surface area contributed by atoms with Gasteiger partial charge in [0.15, 0.2) is 11.5 Å². The third kappa shape index (κ3) is 5.94. The molecule has 0 aromatic heterocycles. The van der Waals surface area contributed by atoms with E-state index in [2.05, 4.69) is 6.58 Å². The minimum atomic E-state index is -0.963. The van der Waals surface area contributed by atoms with Crippen molar-refractivity contribution in [2.24, 2.45) is 17.8 Å². The highest BCUT2D eigenvalue weighted by molar-refractivity contribution is 5.35. The van der Waals surface area contributed by atoms with Crippen molar-refractivity contribution in [1.82, 2.24) is 0 Å². The molecule has 2 atom stereocenters. The van der Waals surface area contributed by atoms with Crippen LogP contribution >= 0.6 is 0 Å². The van der Waals surface area contributed by atoms with Crippen molar-refractivity contribution < 1.29 is 23.0 Å². The lowest BCUT2D eigenvalue weighted by Gasteiger charge is -2.37. The summed E-state index contributed by atoms with van der Waals surface area (Å²) in [6.07, 6.45) is 10.7. The van der Waals surface area contributed by atoms with Crippen LogP contribution in [0.1, 0.15) is 58.3 Å². The minimum absolute atomic E-state index is 0.0291. The molecule has 1 saturated heterocycles. The SMILES string of the molecule is C=CC1CCC(C2CCC(COc3ccc(OCCCC)c(F)c3F)CC2)OC1. The van der Waals surface area contributed by atoms with E-state index in [-0.39, 0.29) is 11.5 Å². The fourth-order valence-corrected chi connectivity index (χ4v) is 4.35. The third-order valence-electron chi connectivity index (χ3n) is 6.34. The number of rotatable bonds is 9. The molecule has 3 rings (SSSR count). The zero-order chi connectivity index (χ0) is 20.6. The zero-order valence-corrected chi connectivity index (χ0v) is 17.5. The Labute approximate surface area is 173 Å². The van der Waals surface area contributed by atoms with Crippen molar-refractivity contribution in [1.29, 1.82) is 0 Å². The fraction of sp³-hybridized carbons (Fsp3) is 0.667. The quantitative estimate of drug-likeness (QED) is 0.354. The summed E-state index contributed by atoms with van der Waals surface area (Å²) in [5.41, 5.74) is 0. The topological polar surface area (TPSA) is 27.7 Å². The zero-order valence-electron chi connectivity index (χ0n) is 17.5. The first kappa shape index (κ1) is 22.1. The van der Waals surface area contributed by atoms with Crippen molar-refractivity contribution in [2.45, 2.75) is 64.4 Å². The van der Waals surface area contributed by atoms with Gasteiger partial charge in [0.25, 0.3) is 0 Å². The summed E-state index contributed by atoms with van der Waals surface area (Å²) >= 11 is 0. The van der Waals surface area contributed by atoms with E-state index in [1.807, 2.05) is 13.0 Å². The highest BCUT2D eigenvalue weighted by Gasteiger charge is 2.31. The van der Waals surface area contributed by atoms with Gasteiger partial charge in [-0.1, -0.05) is 19.4 Å². The lowest BCUT2D eigenvalue weighted by molar-refractivity contribution is -0.0503. The Morgan fingerprint density at radius 1 is 1.03 bits per heavy atom. The number of halogens is 2. The summed E-state index contributed by atoms with van der Waals surface area (Å²) in [6, 6.07) is 2.93. The van der Waals surface area contributed by atoms with E-state index in [0.29, 0.717) is 37.1 Å². The van der Waals surface area contributed by atoms with E-state index in [1.54, 1.807) is 0 Å². The average Bonchev–Trinajstić information content (AvgIpc) is 2.77. The van der Waals surface area contributed by atoms with Gasteiger partial charge in [-0.15, -0.1) is 6.58 Å². The van der Waals surface area contributed by atoms with Gasteiger partial charge in [-0.3, -0.25) is 0 Å². The van der Waals surface area contributed by atoms with Crippen LogP contribution in [0.2, 0.25) is 0 Å². The second-order valence-electron chi connectivity index (χ2n) is 8.43.